The molecular weight excluding hydrogens is 421 g/mol. The van der Waals surface area contributed by atoms with E-state index in [9.17, 15) is 23.7 Å². The monoisotopic (exact) mass is 442 g/mol. The number of methoxy groups -OCH3 is 1. The second kappa shape index (κ2) is 8.34. The van der Waals surface area contributed by atoms with Crippen LogP contribution in [0.1, 0.15) is 19.3 Å². The fourth-order valence-electron chi connectivity index (χ4n) is 2.82. The van der Waals surface area contributed by atoms with Crippen LogP contribution in [0.15, 0.2) is 0 Å². The number of aliphatic hydroxyl groups is 1. The highest BCUT2D eigenvalue weighted by Gasteiger charge is 2.49. The fraction of sp³-hybridized carbons (Fsp3) is 1.00. The number of rotatable bonds is 9. The molecule has 0 amide bonds. The van der Waals surface area contributed by atoms with E-state index in [4.69, 9.17) is 24.2 Å². The minimum absolute atomic E-state index is 0.124. The van der Waals surface area contributed by atoms with Crippen molar-refractivity contribution >= 4 is 23.5 Å². The molecule has 1 saturated carbocycles. The summed E-state index contributed by atoms with van der Waals surface area (Å²) in [5.41, 5.74) is 0. The van der Waals surface area contributed by atoms with Gasteiger partial charge in [0.1, 0.15) is 18.3 Å². The first-order valence-corrected chi connectivity index (χ1v) is 12.0. The van der Waals surface area contributed by atoms with Gasteiger partial charge in [0, 0.05) is 7.11 Å². The summed E-state index contributed by atoms with van der Waals surface area (Å²) in [4.78, 5) is 35.5. The zero-order valence-corrected chi connectivity index (χ0v) is 16.2. The van der Waals surface area contributed by atoms with Crippen LogP contribution in [0.5, 0.6) is 0 Å². The lowest BCUT2D eigenvalue weighted by atomic mass is 9.79. The normalized spacial score (nSPS) is 34.8. The van der Waals surface area contributed by atoms with Crippen LogP contribution >= 0.6 is 23.5 Å². The van der Waals surface area contributed by atoms with E-state index in [0.29, 0.717) is 0 Å². The van der Waals surface area contributed by atoms with E-state index in [-0.39, 0.29) is 5.92 Å². The Morgan fingerprint density at radius 1 is 1.04 bits per heavy atom. The van der Waals surface area contributed by atoms with E-state index >= 15 is 0 Å². The summed E-state index contributed by atoms with van der Waals surface area (Å²) >= 11 is 0. The van der Waals surface area contributed by atoms with Gasteiger partial charge < -0.3 is 34.2 Å². The van der Waals surface area contributed by atoms with Crippen molar-refractivity contribution in [1.82, 2.24) is 0 Å². The highest BCUT2D eigenvalue weighted by Crippen LogP contribution is 2.66. The molecule has 16 heteroatoms. The number of hydrogen-bond donors (Lipinski definition) is 5. The third-order valence-electron chi connectivity index (χ3n) is 4.08. The molecule has 0 spiro atoms. The summed E-state index contributed by atoms with van der Waals surface area (Å²) in [7, 11) is -15.0. The Morgan fingerprint density at radius 3 is 2.12 bits per heavy atom. The molecule has 2 rings (SSSR count). The first kappa shape index (κ1) is 22.6. The molecule has 0 aromatic carbocycles. The van der Waals surface area contributed by atoms with Crippen molar-refractivity contribution in [3.63, 3.8) is 0 Å². The standard InChI is InChI=1S/C10H21O13P3/c1-19-10-7(21-9(8(10)11)6-3-2-4-6)5-20-25(15,16)23-26(17,18)22-24(12,13)14/h6-11H,2-5H2,1H3,(H,15,16)(H,17,18)(H2,12,13,14)/t7-,8-,9+,10?/m1/s1. The van der Waals surface area contributed by atoms with Gasteiger partial charge >= 0.3 is 23.5 Å². The highest BCUT2D eigenvalue weighted by atomic mass is 31.3. The van der Waals surface area contributed by atoms with Gasteiger partial charge in [0.2, 0.25) is 0 Å². The van der Waals surface area contributed by atoms with Crippen molar-refractivity contribution in [1.29, 1.82) is 0 Å². The number of phosphoric acid groups is 3. The molecule has 0 aromatic heterocycles. The quantitative estimate of drug-likeness (QED) is 0.305. The Bertz CT molecular complexity index is 630. The van der Waals surface area contributed by atoms with Gasteiger partial charge in [0.25, 0.3) is 0 Å². The van der Waals surface area contributed by atoms with Gasteiger partial charge in [-0.25, -0.2) is 13.7 Å². The second-order valence-corrected chi connectivity index (χ2v) is 10.3. The average Bonchev–Trinajstić information content (AvgIpc) is 2.67. The van der Waals surface area contributed by atoms with Gasteiger partial charge in [-0.05, 0) is 18.8 Å². The van der Waals surface area contributed by atoms with Crippen molar-refractivity contribution in [2.45, 2.75) is 43.7 Å². The Kier molecular flexibility index (Phi) is 7.24. The molecule has 1 saturated heterocycles. The topological polar surface area (TPSA) is 199 Å². The zero-order chi connectivity index (χ0) is 19.8. The zero-order valence-electron chi connectivity index (χ0n) is 13.6. The Labute approximate surface area is 148 Å². The van der Waals surface area contributed by atoms with Gasteiger partial charge in [0.15, 0.2) is 0 Å². The molecule has 2 fully saturated rings. The molecule has 0 bridgehead atoms. The molecule has 2 aliphatic rings. The van der Waals surface area contributed by atoms with Crippen LogP contribution in [0.3, 0.4) is 0 Å². The average molecular weight is 442 g/mol. The van der Waals surface area contributed by atoms with Gasteiger partial charge in [-0.15, -0.1) is 0 Å². The number of hydrogen-bond acceptors (Lipinski definition) is 9. The van der Waals surface area contributed by atoms with Crippen LogP contribution in [0.25, 0.3) is 0 Å². The van der Waals surface area contributed by atoms with Crippen LogP contribution < -0.4 is 0 Å². The second-order valence-electron chi connectivity index (χ2n) is 5.91. The maximum absolute atomic E-state index is 11.7. The van der Waals surface area contributed by atoms with E-state index in [1.165, 1.54) is 7.11 Å². The van der Waals surface area contributed by atoms with E-state index in [2.05, 4.69) is 13.1 Å². The minimum atomic E-state index is -5.58. The van der Waals surface area contributed by atoms with Gasteiger partial charge in [-0.2, -0.15) is 8.62 Å². The molecule has 0 aromatic rings. The Balaban J connectivity index is 1.94. The Hall–Kier alpha value is 0.290. The lowest BCUT2D eigenvalue weighted by Crippen LogP contribution is -2.39. The molecule has 13 nitrogen and oxygen atoms in total. The van der Waals surface area contributed by atoms with Gasteiger partial charge in [-0.1, -0.05) is 6.42 Å². The first-order valence-electron chi connectivity index (χ1n) is 7.48. The lowest BCUT2D eigenvalue weighted by molar-refractivity contribution is -0.0598. The summed E-state index contributed by atoms with van der Waals surface area (Å²) in [5.74, 6) is 0.124. The number of ether oxygens (including phenoxy) is 2. The van der Waals surface area contributed by atoms with E-state index in [1.54, 1.807) is 0 Å². The molecule has 0 radical (unpaired) electrons. The largest absolute Gasteiger partial charge is 0.490 e. The van der Waals surface area contributed by atoms with Crippen molar-refractivity contribution in [2.75, 3.05) is 13.7 Å². The summed E-state index contributed by atoms with van der Waals surface area (Å²) in [6.45, 7) is -0.650. The predicted octanol–water partition coefficient (Wildman–Crippen LogP) is 0.273. The highest BCUT2D eigenvalue weighted by molar-refractivity contribution is 7.66. The number of phosphoric ester groups is 1. The fourth-order valence-corrected chi connectivity index (χ4v) is 5.85. The number of aliphatic hydroxyl groups excluding tert-OH is 1. The maximum Gasteiger partial charge on any atom is 0.490 e. The summed E-state index contributed by atoms with van der Waals surface area (Å²) in [6.07, 6.45) is -0.635. The molecule has 154 valence electrons. The molecule has 1 aliphatic carbocycles. The SMILES string of the molecule is COC1[C@@H](COP(=O)(O)OP(=O)(O)OP(=O)(O)O)O[C@@H](C2CCC2)[C@H]1O. The third-order valence-corrected chi connectivity index (χ3v) is 7.88. The van der Waals surface area contributed by atoms with Crippen LogP contribution in [-0.2, 0) is 36.3 Å². The minimum Gasteiger partial charge on any atom is -0.388 e. The third kappa shape index (κ3) is 6.15. The molecule has 5 N–H and O–H groups in total. The Morgan fingerprint density at radius 2 is 1.65 bits per heavy atom. The van der Waals surface area contributed by atoms with Crippen molar-refractivity contribution in [2.24, 2.45) is 5.92 Å². The predicted molar refractivity (Wildman–Crippen MR) is 82.6 cm³/mol. The molecule has 3 unspecified atom stereocenters. The summed E-state index contributed by atoms with van der Waals surface area (Å²) in [6, 6.07) is 0. The molecule has 6 atom stereocenters. The van der Waals surface area contributed by atoms with E-state index < -0.39 is 54.5 Å². The first-order chi connectivity index (χ1) is 11.8. The van der Waals surface area contributed by atoms with E-state index in [0.717, 1.165) is 19.3 Å². The van der Waals surface area contributed by atoms with Gasteiger partial charge in [0.05, 0.1) is 12.7 Å². The van der Waals surface area contributed by atoms with Crippen LogP contribution in [0, 0.1) is 5.92 Å². The summed E-state index contributed by atoms with van der Waals surface area (Å²) < 4.78 is 56.0. The summed E-state index contributed by atoms with van der Waals surface area (Å²) in [5, 5.41) is 10.2. The maximum atomic E-state index is 11.7. The van der Waals surface area contributed by atoms with Crippen LogP contribution in [0.2, 0.25) is 0 Å². The van der Waals surface area contributed by atoms with Crippen molar-refractivity contribution < 1.29 is 61.0 Å². The smallest absolute Gasteiger partial charge is 0.388 e. The van der Waals surface area contributed by atoms with Crippen LogP contribution in [-0.4, -0.2) is 62.8 Å². The van der Waals surface area contributed by atoms with Crippen molar-refractivity contribution in [3.05, 3.63) is 0 Å². The van der Waals surface area contributed by atoms with Gasteiger partial charge in [-0.3, -0.25) is 4.52 Å². The van der Waals surface area contributed by atoms with E-state index in [1.807, 2.05) is 0 Å². The molecule has 1 aliphatic heterocycles. The molecule has 26 heavy (non-hydrogen) atoms. The van der Waals surface area contributed by atoms with Crippen LogP contribution in [0.4, 0.5) is 0 Å². The molecular formula is C10H21O13P3. The molecule has 1 heterocycles. The van der Waals surface area contributed by atoms with Crippen molar-refractivity contribution in [3.8, 4) is 0 Å². The lowest BCUT2D eigenvalue weighted by Gasteiger charge is -2.32.